The SMILES string of the molecule is O=[N+]([O-])[O-].O=[N+]([O-])[O-].O=[N+]([O-])[O-].[Ir+3].c1ccc(P(c2ccccn2)c2ccccn2)nc1. The zero-order chi connectivity index (χ0) is 23.6. The summed E-state index contributed by atoms with van der Waals surface area (Å²) < 4.78 is 0. The van der Waals surface area contributed by atoms with Gasteiger partial charge in [-0.05, 0) is 36.4 Å². The van der Waals surface area contributed by atoms with Gasteiger partial charge in [-0.25, -0.2) is 0 Å². The summed E-state index contributed by atoms with van der Waals surface area (Å²) >= 11 is 0. The van der Waals surface area contributed by atoms with E-state index in [0.717, 1.165) is 16.3 Å². The van der Waals surface area contributed by atoms with E-state index in [1.165, 1.54) is 0 Å². The fourth-order valence-electron chi connectivity index (χ4n) is 1.81. The number of nitrogens with zero attached hydrogens (tertiary/aromatic N) is 6. The van der Waals surface area contributed by atoms with Gasteiger partial charge < -0.3 is 46.0 Å². The Kier molecular flexibility index (Phi) is 17.0. The molecule has 0 saturated heterocycles. The molecular formula is C15H12IrN6O9P. The molecule has 0 unspecified atom stereocenters. The predicted molar refractivity (Wildman–Crippen MR) is 110 cm³/mol. The van der Waals surface area contributed by atoms with E-state index < -0.39 is 23.2 Å². The summed E-state index contributed by atoms with van der Waals surface area (Å²) in [5.74, 6) is 0. The maximum Gasteiger partial charge on any atom is 3.00 e. The summed E-state index contributed by atoms with van der Waals surface area (Å²) in [6, 6.07) is 17.9. The first-order valence-corrected chi connectivity index (χ1v) is 8.97. The molecule has 3 heterocycles. The number of rotatable bonds is 3. The molecule has 3 aromatic rings. The number of hydrogen-bond donors (Lipinski definition) is 0. The monoisotopic (exact) mass is 644 g/mol. The van der Waals surface area contributed by atoms with Gasteiger partial charge in [-0.15, -0.1) is 0 Å². The van der Waals surface area contributed by atoms with E-state index in [0.29, 0.717) is 0 Å². The molecule has 15 nitrogen and oxygen atoms in total. The number of aromatic nitrogens is 3. The van der Waals surface area contributed by atoms with Crippen molar-refractivity contribution in [3.05, 3.63) is 119 Å². The van der Waals surface area contributed by atoms with Gasteiger partial charge in [0.2, 0.25) is 0 Å². The fraction of sp³-hybridized carbons (Fsp3) is 0. The molecule has 0 N–H and O–H groups in total. The van der Waals surface area contributed by atoms with Gasteiger partial charge in [0, 0.05) is 26.5 Å². The molecule has 0 saturated carbocycles. The first-order chi connectivity index (χ1) is 14.6. The second-order valence-electron chi connectivity index (χ2n) is 4.57. The average Bonchev–Trinajstić information content (AvgIpc) is 2.69. The summed E-state index contributed by atoms with van der Waals surface area (Å²) in [5.41, 5.74) is 3.07. The molecule has 0 radical (unpaired) electrons. The van der Waals surface area contributed by atoms with Crippen LogP contribution in [0.5, 0.6) is 0 Å². The summed E-state index contributed by atoms with van der Waals surface area (Å²) in [5, 5.41) is 44.2. The van der Waals surface area contributed by atoms with E-state index in [2.05, 4.69) is 15.0 Å². The average molecular weight is 643 g/mol. The van der Waals surface area contributed by atoms with Gasteiger partial charge in [0.15, 0.2) is 0 Å². The zero-order valence-electron chi connectivity index (χ0n) is 15.6. The Morgan fingerprint density at radius 1 is 0.531 bits per heavy atom. The van der Waals surface area contributed by atoms with Gasteiger partial charge in [0.05, 0.1) is 31.6 Å². The summed E-state index contributed by atoms with van der Waals surface area (Å²) in [4.78, 5) is 38.2. The quantitative estimate of drug-likeness (QED) is 0.220. The molecular weight excluding hydrogens is 631 g/mol. The Hall–Kier alpha value is -3.87. The topological polar surface area (TPSA) is 237 Å². The fourth-order valence-corrected chi connectivity index (χ4v) is 3.77. The molecule has 0 spiro atoms. The zero-order valence-corrected chi connectivity index (χ0v) is 18.9. The molecule has 0 amide bonds. The van der Waals surface area contributed by atoms with Crippen molar-refractivity contribution in [1.82, 2.24) is 15.0 Å². The van der Waals surface area contributed by atoms with Crippen molar-refractivity contribution in [3.8, 4) is 0 Å². The van der Waals surface area contributed by atoms with Crippen molar-refractivity contribution < 1.29 is 35.4 Å². The molecule has 170 valence electrons. The van der Waals surface area contributed by atoms with Crippen molar-refractivity contribution in [3.63, 3.8) is 0 Å². The number of pyridine rings is 3. The van der Waals surface area contributed by atoms with E-state index >= 15 is 0 Å². The maximum atomic E-state index is 8.25. The molecule has 3 rings (SSSR count). The van der Waals surface area contributed by atoms with Crippen LogP contribution in [-0.4, -0.2) is 30.2 Å². The third kappa shape index (κ3) is 16.0. The Labute approximate surface area is 193 Å². The van der Waals surface area contributed by atoms with E-state index in [9.17, 15) is 0 Å². The molecule has 0 atom stereocenters. The minimum Gasteiger partial charge on any atom is -0.356 e. The van der Waals surface area contributed by atoms with Gasteiger partial charge in [-0.2, -0.15) is 0 Å². The first-order valence-electron chi connectivity index (χ1n) is 7.63. The van der Waals surface area contributed by atoms with Crippen LogP contribution in [0.3, 0.4) is 0 Å². The van der Waals surface area contributed by atoms with Crippen LogP contribution in [0.4, 0.5) is 0 Å². The Morgan fingerprint density at radius 3 is 0.906 bits per heavy atom. The van der Waals surface area contributed by atoms with Crippen LogP contribution in [0.1, 0.15) is 0 Å². The van der Waals surface area contributed by atoms with Crippen LogP contribution < -0.4 is 16.3 Å². The van der Waals surface area contributed by atoms with Crippen LogP contribution in [0.2, 0.25) is 0 Å². The maximum absolute atomic E-state index is 8.25. The predicted octanol–water partition coefficient (Wildman–Crippen LogP) is 0.910. The van der Waals surface area contributed by atoms with Crippen LogP contribution in [-0.2, 0) is 20.1 Å². The van der Waals surface area contributed by atoms with E-state index in [1.54, 1.807) is 0 Å². The molecule has 0 aromatic carbocycles. The summed E-state index contributed by atoms with van der Waals surface area (Å²) in [6.07, 6.45) is 5.45. The summed E-state index contributed by atoms with van der Waals surface area (Å²) in [7, 11) is -0.779. The van der Waals surface area contributed by atoms with Crippen LogP contribution in [0.15, 0.2) is 73.2 Å². The number of hydrogen-bond acceptors (Lipinski definition) is 12. The second kappa shape index (κ2) is 17.9. The van der Waals surface area contributed by atoms with Crippen LogP contribution in [0.25, 0.3) is 0 Å². The molecule has 0 aliphatic rings. The standard InChI is InChI=1S/C15H12N3P.Ir.3NO3/c1-4-10-16-13(7-1)19(14-8-2-5-11-17-14)15-9-3-6-12-18-15;;3*2-1(3)4/h1-12H;;;;/q;+3;3*-1. The van der Waals surface area contributed by atoms with Crippen molar-refractivity contribution in [2.75, 3.05) is 0 Å². The smallest absolute Gasteiger partial charge is 0.356 e. The van der Waals surface area contributed by atoms with Crippen molar-refractivity contribution in [2.24, 2.45) is 0 Å². The first kappa shape index (κ1) is 30.3. The van der Waals surface area contributed by atoms with E-state index in [-0.39, 0.29) is 20.1 Å². The van der Waals surface area contributed by atoms with Crippen molar-refractivity contribution >= 4 is 24.2 Å². The molecule has 17 heteroatoms. The summed E-state index contributed by atoms with van der Waals surface area (Å²) in [6.45, 7) is 0. The van der Waals surface area contributed by atoms with Crippen LogP contribution >= 0.6 is 7.92 Å². The minimum absolute atomic E-state index is 0. The molecule has 3 aromatic heterocycles. The largest absolute Gasteiger partial charge is 3.00 e. The molecule has 32 heavy (non-hydrogen) atoms. The van der Waals surface area contributed by atoms with Gasteiger partial charge in [0.25, 0.3) is 0 Å². The van der Waals surface area contributed by atoms with Crippen molar-refractivity contribution in [2.45, 2.75) is 0 Å². The van der Waals surface area contributed by atoms with Gasteiger partial charge in [-0.1, -0.05) is 18.2 Å². The van der Waals surface area contributed by atoms with Crippen LogP contribution in [0, 0.1) is 46.0 Å². The molecule has 0 bridgehead atoms. The molecule has 0 aliphatic carbocycles. The van der Waals surface area contributed by atoms with Gasteiger partial charge in [0.1, 0.15) is 0 Å². The van der Waals surface area contributed by atoms with Crippen molar-refractivity contribution in [1.29, 1.82) is 0 Å². The second-order valence-corrected chi connectivity index (χ2v) is 6.62. The molecule has 0 fully saturated rings. The van der Waals surface area contributed by atoms with Gasteiger partial charge >= 0.3 is 20.1 Å². The Morgan fingerprint density at radius 2 is 0.750 bits per heavy atom. The Balaban J connectivity index is 0. The van der Waals surface area contributed by atoms with E-state index in [1.807, 2.05) is 73.2 Å². The van der Waals surface area contributed by atoms with Gasteiger partial charge in [-0.3, -0.25) is 15.0 Å². The molecule has 0 aliphatic heterocycles. The Bertz CT molecular complexity index is 794. The van der Waals surface area contributed by atoms with E-state index in [4.69, 9.17) is 46.0 Å². The third-order valence-electron chi connectivity index (χ3n) is 2.64. The third-order valence-corrected chi connectivity index (χ3v) is 4.80. The normalized spacial score (nSPS) is 8.53. The minimum atomic E-state index is -1.75.